The van der Waals surface area contributed by atoms with Crippen molar-refractivity contribution < 1.29 is 23.7 Å². The van der Waals surface area contributed by atoms with Gasteiger partial charge in [-0.1, -0.05) is 0 Å². The molecule has 5 heteroatoms. The van der Waals surface area contributed by atoms with Gasteiger partial charge in [0.1, 0.15) is 0 Å². The Morgan fingerprint density at radius 2 is 1.76 bits per heavy atom. The van der Waals surface area contributed by atoms with Gasteiger partial charge in [0.2, 0.25) is 12.1 Å². The van der Waals surface area contributed by atoms with Crippen LogP contribution in [0, 0.1) is 0 Å². The summed E-state index contributed by atoms with van der Waals surface area (Å²) in [5.41, 5.74) is 1.85. The largest absolute Gasteiger partial charge is 0.346 e. The van der Waals surface area contributed by atoms with Gasteiger partial charge in [-0.15, -0.1) is 0 Å². The fraction of sp³-hybridized carbons (Fsp3) is 0.750. The molecule has 4 aliphatic heterocycles. The highest BCUT2D eigenvalue weighted by Gasteiger charge is 2.44. The van der Waals surface area contributed by atoms with Crippen molar-refractivity contribution in [2.75, 3.05) is 13.2 Å². The van der Waals surface area contributed by atoms with E-state index in [9.17, 15) is 4.79 Å². The fourth-order valence-electron chi connectivity index (χ4n) is 2.96. The molecule has 4 rings (SSSR count). The van der Waals surface area contributed by atoms with Crippen LogP contribution in [0.3, 0.4) is 0 Å². The minimum absolute atomic E-state index is 0.0272. The molecule has 4 bridgehead atoms. The molecule has 0 saturated carbocycles. The normalized spacial score (nSPS) is 48.8. The molecule has 0 N–H and O–H groups in total. The van der Waals surface area contributed by atoms with Crippen molar-refractivity contribution >= 4 is 5.78 Å². The molecule has 0 aromatic heterocycles. The molecule has 4 fully saturated rings. The summed E-state index contributed by atoms with van der Waals surface area (Å²) in [5, 5.41) is 0. The Hall–Kier alpha value is -0.750. The average Bonchev–Trinajstić information content (AvgIpc) is 2.91. The molecule has 92 valence electrons. The highest BCUT2D eigenvalue weighted by molar-refractivity contribution is 5.99. The van der Waals surface area contributed by atoms with Gasteiger partial charge in [-0.2, -0.15) is 0 Å². The van der Waals surface area contributed by atoms with Gasteiger partial charge < -0.3 is 18.9 Å². The van der Waals surface area contributed by atoms with Gasteiger partial charge in [0.25, 0.3) is 0 Å². The number of ketones is 1. The van der Waals surface area contributed by atoms with E-state index in [2.05, 4.69) is 0 Å². The molecule has 4 saturated heterocycles. The molecule has 0 aromatic rings. The molecule has 0 aliphatic carbocycles. The maximum Gasteiger partial charge on any atom is 0.222 e. The number of ether oxygens (including phenoxy) is 4. The predicted octanol–water partition coefficient (Wildman–Crippen LogP) is 0.533. The molecular weight excluding hydrogens is 224 g/mol. The Balaban J connectivity index is 1.70. The standard InChI is InChI=1S/C12H14O5/c13-10-9(3-7-5-15-12(10)17-7)8-2-1-6-4-14-11(8)16-6/h6-7,11-12H,1-5H2/b9-8-. The molecule has 0 spiro atoms. The Morgan fingerprint density at radius 1 is 1.00 bits per heavy atom. The zero-order valence-electron chi connectivity index (χ0n) is 9.39. The summed E-state index contributed by atoms with van der Waals surface area (Å²) in [6.45, 7) is 1.16. The van der Waals surface area contributed by atoms with E-state index >= 15 is 0 Å². The minimum atomic E-state index is -0.685. The van der Waals surface area contributed by atoms with E-state index in [0.717, 1.165) is 24.0 Å². The highest BCUT2D eigenvalue weighted by Crippen LogP contribution is 2.38. The second-order valence-electron chi connectivity index (χ2n) is 4.96. The van der Waals surface area contributed by atoms with Crippen molar-refractivity contribution in [2.24, 2.45) is 0 Å². The zero-order chi connectivity index (χ0) is 11.4. The smallest absolute Gasteiger partial charge is 0.222 e. The van der Waals surface area contributed by atoms with Crippen molar-refractivity contribution in [3.05, 3.63) is 11.1 Å². The molecular formula is C12H14O5. The minimum Gasteiger partial charge on any atom is -0.346 e. The predicted molar refractivity (Wildman–Crippen MR) is 55.1 cm³/mol. The van der Waals surface area contributed by atoms with E-state index in [4.69, 9.17) is 18.9 Å². The van der Waals surface area contributed by atoms with E-state index in [-0.39, 0.29) is 24.3 Å². The lowest BCUT2D eigenvalue weighted by Gasteiger charge is -2.27. The van der Waals surface area contributed by atoms with Crippen LogP contribution in [-0.2, 0) is 23.7 Å². The van der Waals surface area contributed by atoms with Crippen LogP contribution in [0.2, 0.25) is 0 Å². The Morgan fingerprint density at radius 3 is 2.71 bits per heavy atom. The lowest BCUT2D eigenvalue weighted by molar-refractivity contribution is -0.147. The first-order chi connectivity index (χ1) is 8.31. The van der Waals surface area contributed by atoms with Gasteiger partial charge in [0, 0.05) is 12.0 Å². The zero-order valence-corrected chi connectivity index (χ0v) is 9.39. The Labute approximate surface area is 98.7 Å². The molecule has 5 nitrogen and oxygen atoms in total. The topological polar surface area (TPSA) is 54.0 Å². The number of rotatable bonds is 0. The number of Topliss-reactive ketones (excluding diaryl/α,β-unsaturated/α-hetero) is 1. The third-order valence-electron chi connectivity index (χ3n) is 3.85. The molecule has 4 atom stereocenters. The van der Waals surface area contributed by atoms with Crippen LogP contribution in [0.1, 0.15) is 19.3 Å². The van der Waals surface area contributed by atoms with Crippen molar-refractivity contribution in [3.8, 4) is 0 Å². The van der Waals surface area contributed by atoms with E-state index < -0.39 is 6.29 Å². The van der Waals surface area contributed by atoms with Crippen molar-refractivity contribution in [2.45, 2.75) is 44.1 Å². The van der Waals surface area contributed by atoms with Crippen molar-refractivity contribution in [1.29, 1.82) is 0 Å². The van der Waals surface area contributed by atoms with Gasteiger partial charge in [-0.25, -0.2) is 0 Å². The number of carbonyl (C=O) groups excluding carboxylic acids is 1. The fourth-order valence-corrected chi connectivity index (χ4v) is 2.96. The van der Waals surface area contributed by atoms with Crippen LogP contribution in [-0.4, -0.2) is 43.8 Å². The SMILES string of the molecule is O=C1/C(=C2/CCC3COC2O3)CC2COC1O2. The number of fused-ring (bicyclic) bond motifs is 4. The number of hydrogen-bond acceptors (Lipinski definition) is 5. The second kappa shape index (κ2) is 3.62. The van der Waals surface area contributed by atoms with Gasteiger partial charge in [0.15, 0.2) is 6.29 Å². The molecule has 17 heavy (non-hydrogen) atoms. The molecule has 0 aromatic carbocycles. The quantitative estimate of drug-likeness (QED) is 0.576. The van der Waals surface area contributed by atoms with Crippen LogP contribution in [0.25, 0.3) is 0 Å². The van der Waals surface area contributed by atoms with E-state index in [1.807, 2.05) is 0 Å². The average molecular weight is 238 g/mol. The van der Waals surface area contributed by atoms with Gasteiger partial charge >= 0.3 is 0 Å². The Bertz CT molecular complexity index is 402. The van der Waals surface area contributed by atoms with Crippen LogP contribution in [0.5, 0.6) is 0 Å². The first-order valence-corrected chi connectivity index (χ1v) is 6.11. The molecule has 4 heterocycles. The number of carbonyl (C=O) groups is 1. The molecule has 4 unspecified atom stereocenters. The maximum absolute atomic E-state index is 12.1. The monoisotopic (exact) mass is 238 g/mol. The molecule has 4 aliphatic rings. The van der Waals surface area contributed by atoms with Crippen molar-refractivity contribution in [1.82, 2.24) is 0 Å². The number of hydrogen-bond donors (Lipinski definition) is 0. The van der Waals surface area contributed by atoms with E-state index in [1.165, 1.54) is 0 Å². The van der Waals surface area contributed by atoms with E-state index in [1.54, 1.807) is 0 Å². The summed E-state index contributed by atoms with van der Waals surface area (Å²) in [6, 6.07) is 0. The molecule has 0 amide bonds. The third kappa shape index (κ3) is 1.50. The van der Waals surface area contributed by atoms with E-state index in [0.29, 0.717) is 19.6 Å². The van der Waals surface area contributed by atoms with Gasteiger partial charge in [-0.05, 0) is 18.4 Å². The van der Waals surface area contributed by atoms with Crippen molar-refractivity contribution in [3.63, 3.8) is 0 Å². The molecule has 0 radical (unpaired) electrons. The first kappa shape index (κ1) is 10.2. The summed E-state index contributed by atoms with van der Waals surface area (Å²) >= 11 is 0. The first-order valence-electron chi connectivity index (χ1n) is 6.11. The third-order valence-corrected chi connectivity index (χ3v) is 3.85. The summed E-state index contributed by atoms with van der Waals surface area (Å²) in [7, 11) is 0. The van der Waals surface area contributed by atoms with Crippen LogP contribution in [0.15, 0.2) is 11.1 Å². The highest BCUT2D eigenvalue weighted by atomic mass is 16.7. The lowest BCUT2D eigenvalue weighted by atomic mass is 9.91. The van der Waals surface area contributed by atoms with Gasteiger partial charge in [0.05, 0.1) is 25.4 Å². The van der Waals surface area contributed by atoms with Crippen LogP contribution >= 0.6 is 0 Å². The van der Waals surface area contributed by atoms with Crippen LogP contribution in [0.4, 0.5) is 0 Å². The maximum atomic E-state index is 12.1. The van der Waals surface area contributed by atoms with Crippen LogP contribution < -0.4 is 0 Å². The summed E-state index contributed by atoms with van der Waals surface area (Å²) in [5.74, 6) is -0.0358. The second-order valence-corrected chi connectivity index (χ2v) is 4.96. The summed E-state index contributed by atoms with van der Waals surface area (Å²) < 4.78 is 22.0. The summed E-state index contributed by atoms with van der Waals surface area (Å²) in [4.78, 5) is 12.1. The Kier molecular flexibility index (Phi) is 2.17. The summed E-state index contributed by atoms with van der Waals surface area (Å²) in [6.07, 6.45) is 1.74. The lowest BCUT2D eigenvalue weighted by Crippen LogP contribution is -2.34. The van der Waals surface area contributed by atoms with Gasteiger partial charge in [-0.3, -0.25) is 4.79 Å².